The lowest BCUT2D eigenvalue weighted by Gasteiger charge is -2.07. The Labute approximate surface area is 173 Å². The van der Waals surface area contributed by atoms with Gasteiger partial charge in [0, 0.05) is 20.7 Å². The monoisotopic (exact) mass is 460 g/mol. The van der Waals surface area contributed by atoms with E-state index in [4.69, 9.17) is 27.6 Å². The summed E-state index contributed by atoms with van der Waals surface area (Å²) in [6.07, 6.45) is 0. The summed E-state index contributed by atoms with van der Waals surface area (Å²) in [6.45, 7) is 0. The Hall–Kier alpha value is -2.34. The molecule has 0 bridgehead atoms. The molecule has 4 aromatic rings. The maximum atomic E-state index is 12.5. The number of fused-ring (bicyclic) bond motifs is 1. The van der Waals surface area contributed by atoms with Crippen molar-refractivity contribution in [3.63, 3.8) is 0 Å². The van der Waals surface area contributed by atoms with Crippen molar-refractivity contribution < 1.29 is 9.21 Å². The molecule has 0 radical (unpaired) electrons. The minimum atomic E-state index is -0.216. The number of halogens is 3. The molecule has 1 N–H and O–H groups in total. The largest absolute Gasteiger partial charge is 0.435 e. The van der Waals surface area contributed by atoms with E-state index in [1.54, 1.807) is 30.3 Å². The fourth-order valence-corrected chi connectivity index (χ4v) is 3.64. The van der Waals surface area contributed by atoms with Gasteiger partial charge in [0.05, 0.1) is 10.6 Å². The van der Waals surface area contributed by atoms with Crippen LogP contribution in [0, 0.1) is 0 Å². The average molecular weight is 462 g/mol. The number of hydrogen-bond acceptors (Lipinski definition) is 3. The van der Waals surface area contributed by atoms with Crippen molar-refractivity contribution in [3.8, 4) is 11.5 Å². The molecule has 0 aliphatic heterocycles. The molecule has 1 aromatic heterocycles. The topological polar surface area (TPSA) is 55.1 Å². The molecular weight excluding hydrogens is 451 g/mol. The van der Waals surface area contributed by atoms with Crippen molar-refractivity contribution in [2.45, 2.75) is 0 Å². The molecule has 3 aromatic carbocycles. The van der Waals surface area contributed by atoms with Crippen LogP contribution >= 0.6 is 39.1 Å². The standard InChI is InChI=1S/C20H11BrCl2N2O2/c21-15-7-2-1-6-14(15)19(26)24-13-5-3-4-11(8-13)20-25-17-10-12(22)9-16(23)18(17)27-20/h1-10H,(H,24,26). The van der Waals surface area contributed by atoms with Crippen LogP contribution in [-0.2, 0) is 0 Å². The highest BCUT2D eigenvalue weighted by atomic mass is 79.9. The first-order valence-electron chi connectivity index (χ1n) is 7.93. The Balaban J connectivity index is 1.66. The lowest BCUT2D eigenvalue weighted by atomic mass is 10.1. The third-order valence-corrected chi connectivity index (χ3v) is 5.09. The highest BCUT2D eigenvalue weighted by Gasteiger charge is 2.14. The lowest BCUT2D eigenvalue weighted by molar-refractivity contribution is 0.102. The Morgan fingerprint density at radius 2 is 1.85 bits per heavy atom. The second kappa shape index (κ2) is 7.35. The van der Waals surface area contributed by atoms with E-state index >= 15 is 0 Å². The molecule has 0 unspecified atom stereocenters. The highest BCUT2D eigenvalue weighted by Crippen LogP contribution is 2.32. The number of carbonyl (C=O) groups excluding carboxylic acids is 1. The summed E-state index contributed by atoms with van der Waals surface area (Å²) in [5.41, 5.74) is 2.93. The molecule has 134 valence electrons. The smallest absolute Gasteiger partial charge is 0.256 e. The highest BCUT2D eigenvalue weighted by molar-refractivity contribution is 9.10. The molecule has 0 atom stereocenters. The molecule has 1 heterocycles. The zero-order valence-corrected chi connectivity index (χ0v) is 16.8. The van der Waals surface area contributed by atoms with Crippen LogP contribution < -0.4 is 5.32 Å². The minimum absolute atomic E-state index is 0.216. The number of benzene rings is 3. The Bertz CT molecular complexity index is 1170. The van der Waals surface area contributed by atoms with Gasteiger partial charge in [-0.15, -0.1) is 0 Å². The van der Waals surface area contributed by atoms with Gasteiger partial charge >= 0.3 is 0 Å². The van der Waals surface area contributed by atoms with E-state index in [-0.39, 0.29) is 5.91 Å². The molecule has 4 rings (SSSR count). The van der Waals surface area contributed by atoms with Crippen LogP contribution in [0.2, 0.25) is 10.0 Å². The summed E-state index contributed by atoms with van der Waals surface area (Å²) in [5.74, 6) is 0.179. The van der Waals surface area contributed by atoms with Gasteiger partial charge in [0.1, 0.15) is 5.52 Å². The number of nitrogens with zero attached hydrogens (tertiary/aromatic N) is 1. The summed E-state index contributed by atoms with van der Waals surface area (Å²) in [6, 6.07) is 17.8. The quantitative estimate of drug-likeness (QED) is 0.364. The number of anilines is 1. The maximum absolute atomic E-state index is 12.5. The van der Waals surface area contributed by atoms with Crippen LogP contribution in [0.15, 0.2) is 69.6 Å². The van der Waals surface area contributed by atoms with Gasteiger partial charge in [-0.05, 0) is 58.4 Å². The summed E-state index contributed by atoms with van der Waals surface area (Å²) in [4.78, 5) is 16.9. The fraction of sp³-hybridized carbons (Fsp3) is 0. The van der Waals surface area contributed by atoms with Crippen LogP contribution in [-0.4, -0.2) is 10.9 Å². The van der Waals surface area contributed by atoms with Gasteiger partial charge in [0.25, 0.3) is 5.91 Å². The first-order valence-corrected chi connectivity index (χ1v) is 9.48. The molecule has 0 aliphatic rings. The molecule has 27 heavy (non-hydrogen) atoms. The maximum Gasteiger partial charge on any atom is 0.256 e. The minimum Gasteiger partial charge on any atom is -0.435 e. The van der Waals surface area contributed by atoms with Crippen molar-refractivity contribution in [2.75, 3.05) is 5.32 Å². The number of aromatic nitrogens is 1. The molecule has 1 amide bonds. The van der Waals surface area contributed by atoms with E-state index in [9.17, 15) is 4.79 Å². The van der Waals surface area contributed by atoms with Crippen LogP contribution in [0.1, 0.15) is 10.4 Å². The predicted octanol–water partition coefficient (Wildman–Crippen LogP) is 6.82. The van der Waals surface area contributed by atoms with Crippen molar-refractivity contribution in [1.29, 1.82) is 0 Å². The zero-order valence-electron chi connectivity index (χ0n) is 13.7. The number of carbonyl (C=O) groups is 1. The number of oxazole rings is 1. The van der Waals surface area contributed by atoms with Gasteiger partial charge in [0.2, 0.25) is 5.89 Å². The van der Waals surface area contributed by atoms with E-state index < -0.39 is 0 Å². The molecule has 7 heteroatoms. The van der Waals surface area contributed by atoms with Crippen molar-refractivity contribution in [1.82, 2.24) is 4.98 Å². The number of hydrogen-bond donors (Lipinski definition) is 1. The first-order chi connectivity index (χ1) is 13.0. The van der Waals surface area contributed by atoms with Crippen molar-refractivity contribution in [2.24, 2.45) is 0 Å². The Morgan fingerprint density at radius 3 is 2.67 bits per heavy atom. The normalized spacial score (nSPS) is 10.9. The van der Waals surface area contributed by atoms with E-state index in [0.29, 0.717) is 43.9 Å². The van der Waals surface area contributed by atoms with Crippen molar-refractivity contribution in [3.05, 3.63) is 80.7 Å². The second-order valence-electron chi connectivity index (χ2n) is 5.77. The summed E-state index contributed by atoms with van der Waals surface area (Å²) >= 11 is 15.6. The SMILES string of the molecule is O=C(Nc1cccc(-c2nc3cc(Cl)cc(Cl)c3o2)c1)c1ccccc1Br. The van der Waals surface area contributed by atoms with E-state index in [2.05, 4.69) is 26.2 Å². The Kier molecular flexibility index (Phi) is 4.91. The lowest BCUT2D eigenvalue weighted by Crippen LogP contribution is -2.12. The first kappa shape index (κ1) is 18.0. The molecule has 4 nitrogen and oxygen atoms in total. The molecule has 0 spiro atoms. The van der Waals surface area contributed by atoms with E-state index in [1.165, 1.54) is 0 Å². The number of nitrogens with one attached hydrogen (secondary N) is 1. The summed E-state index contributed by atoms with van der Waals surface area (Å²) in [7, 11) is 0. The summed E-state index contributed by atoms with van der Waals surface area (Å²) < 4.78 is 6.51. The van der Waals surface area contributed by atoms with Crippen LogP contribution in [0.25, 0.3) is 22.6 Å². The second-order valence-corrected chi connectivity index (χ2v) is 7.47. The van der Waals surface area contributed by atoms with Gasteiger partial charge in [-0.2, -0.15) is 0 Å². The predicted molar refractivity (Wildman–Crippen MR) is 112 cm³/mol. The molecule has 0 saturated heterocycles. The number of amides is 1. The number of rotatable bonds is 3. The molecule has 0 saturated carbocycles. The third-order valence-electron chi connectivity index (χ3n) is 3.90. The molecule has 0 fully saturated rings. The Morgan fingerprint density at radius 1 is 1.04 bits per heavy atom. The van der Waals surface area contributed by atoms with Gasteiger partial charge in [-0.3, -0.25) is 4.79 Å². The van der Waals surface area contributed by atoms with Crippen LogP contribution in [0.3, 0.4) is 0 Å². The summed E-state index contributed by atoms with van der Waals surface area (Å²) in [5, 5.41) is 3.76. The molecular formula is C20H11BrCl2N2O2. The van der Waals surface area contributed by atoms with E-state index in [1.807, 2.05) is 30.3 Å². The van der Waals surface area contributed by atoms with Gasteiger partial charge in [-0.25, -0.2) is 4.98 Å². The van der Waals surface area contributed by atoms with Crippen molar-refractivity contribution >= 4 is 61.8 Å². The fourth-order valence-electron chi connectivity index (χ4n) is 2.66. The van der Waals surface area contributed by atoms with Gasteiger partial charge < -0.3 is 9.73 Å². The zero-order chi connectivity index (χ0) is 19.0. The van der Waals surface area contributed by atoms with Gasteiger partial charge in [0.15, 0.2) is 5.58 Å². The third kappa shape index (κ3) is 3.72. The average Bonchev–Trinajstić information content (AvgIpc) is 3.06. The van der Waals surface area contributed by atoms with Crippen LogP contribution in [0.4, 0.5) is 5.69 Å². The van der Waals surface area contributed by atoms with E-state index in [0.717, 1.165) is 4.47 Å². The van der Waals surface area contributed by atoms with Gasteiger partial charge in [-0.1, -0.05) is 41.4 Å². The molecule has 0 aliphatic carbocycles. The van der Waals surface area contributed by atoms with Crippen LogP contribution in [0.5, 0.6) is 0 Å².